The summed E-state index contributed by atoms with van der Waals surface area (Å²) in [7, 11) is 0. The summed E-state index contributed by atoms with van der Waals surface area (Å²) in [6.45, 7) is 0. The van der Waals surface area contributed by atoms with Gasteiger partial charge in [-0.1, -0.05) is 11.6 Å². The molecule has 0 spiro atoms. The molecule has 0 aliphatic rings. The van der Waals surface area contributed by atoms with Crippen molar-refractivity contribution in [3.8, 4) is 11.5 Å². The van der Waals surface area contributed by atoms with Crippen LogP contribution in [0, 0.1) is 0 Å². The van der Waals surface area contributed by atoms with Crippen molar-refractivity contribution in [3.63, 3.8) is 0 Å². The molecule has 0 atom stereocenters. The highest BCUT2D eigenvalue weighted by Gasteiger charge is 2.09. The van der Waals surface area contributed by atoms with Gasteiger partial charge in [0.1, 0.15) is 11.3 Å². The number of fused-ring (bicyclic) bond motifs is 1. The van der Waals surface area contributed by atoms with E-state index in [0.29, 0.717) is 10.8 Å². The number of hydrogen-bond acceptors (Lipinski definition) is 4. The third-order valence-corrected chi connectivity index (χ3v) is 3.41. The minimum absolute atomic E-state index is 0.650. The van der Waals surface area contributed by atoms with Crippen LogP contribution in [0.4, 0.5) is 0 Å². The molecule has 0 fully saturated rings. The average Bonchev–Trinajstić information content (AvgIpc) is 2.81. The normalized spacial score (nSPS) is 11.0. The van der Waals surface area contributed by atoms with E-state index in [4.69, 9.17) is 11.6 Å². The first kappa shape index (κ1) is 11.5. The van der Waals surface area contributed by atoms with E-state index in [1.165, 1.54) is 0 Å². The zero-order valence-corrected chi connectivity index (χ0v) is 11.1. The molecule has 0 aliphatic carbocycles. The maximum absolute atomic E-state index is 6.00. The Morgan fingerprint density at radius 3 is 2.94 bits per heavy atom. The lowest BCUT2D eigenvalue weighted by molar-refractivity contribution is 1.03. The Morgan fingerprint density at radius 1 is 1.22 bits per heavy atom. The van der Waals surface area contributed by atoms with Gasteiger partial charge in [-0.3, -0.25) is 4.40 Å². The summed E-state index contributed by atoms with van der Waals surface area (Å²) < 4.78 is 1.89. The lowest BCUT2D eigenvalue weighted by atomic mass is 10.4. The summed E-state index contributed by atoms with van der Waals surface area (Å²) in [6, 6.07) is 5.56. The highest BCUT2D eigenvalue weighted by atomic mass is 35.5. The quantitative estimate of drug-likeness (QED) is 0.533. The van der Waals surface area contributed by atoms with Crippen LogP contribution in [0.5, 0.6) is 0 Å². The van der Waals surface area contributed by atoms with Gasteiger partial charge in [-0.2, -0.15) is 0 Å². The molecule has 3 heterocycles. The van der Waals surface area contributed by atoms with Crippen LogP contribution in [0.15, 0.2) is 41.8 Å². The van der Waals surface area contributed by atoms with Crippen molar-refractivity contribution in [2.24, 2.45) is 0 Å². The van der Waals surface area contributed by atoms with E-state index < -0.39 is 0 Å². The molecule has 0 bridgehead atoms. The number of nitrogens with zero attached hydrogens (tertiary/aromatic N) is 4. The Bertz CT molecular complexity index is 710. The van der Waals surface area contributed by atoms with E-state index in [2.05, 4.69) is 15.0 Å². The van der Waals surface area contributed by atoms with Crippen LogP contribution in [-0.4, -0.2) is 25.6 Å². The van der Waals surface area contributed by atoms with Crippen molar-refractivity contribution in [1.82, 2.24) is 19.4 Å². The first-order valence-electron chi connectivity index (χ1n) is 5.28. The van der Waals surface area contributed by atoms with Gasteiger partial charge in [0.2, 0.25) is 0 Å². The molecule has 0 radical (unpaired) electrons. The summed E-state index contributed by atoms with van der Waals surface area (Å²) in [5.41, 5.74) is 1.66. The Labute approximate surface area is 113 Å². The molecule has 3 aromatic rings. The van der Waals surface area contributed by atoms with Crippen LogP contribution in [0.1, 0.15) is 0 Å². The second-order valence-electron chi connectivity index (χ2n) is 3.64. The third kappa shape index (κ3) is 1.95. The number of rotatable bonds is 2. The largest absolute Gasteiger partial charge is 0.295 e. The summed E-state index contributed by atoms with van der Waals surface area (Å²) >= 11 is 7.58. The van der Waals surface area contributed by atoms with Crippen LogP contribution in [0.25, 0.3) is 17.2 Å². The third-order valence-electron chi connectivity index (χ3n) is 2.54. The predicted molar refractivity (Wildman–Crippen MR) is 73.0 cm³/mol. The Hall–Kier alpha value is -1.59. The fourth-order valence-electron chi connectivity index (χ4n) is 1.70. The van der Waals surface area contributed by atoms with Gasteiger partial charge < -0.3 is 0 Å². The molecular weight excluding hydrogens is 268 g/mol. The molecule has 0 aliphatic heterocycles. The number of hydrogen-bond donors (Lipinski definition) is 0. The fraction of sp³-hybridized carbons (Fsp3) is 0.0833. The molecule has 0 saturated heterocycles. The lowest BCUT2D eigenvalue weighted by Gasteiger charge is -2.02. The monoisotopic (exact) mass is 276 g/mol. The van der Waals surface area contributed by atoms with E-state index in [0.717, 1.165) is 16.4 Å². The average molecular weight is 277 g/mol. The number of imidazole rings is 1. The topological polar surface area (TPSA) is 43.1 Å². The predicted octanol–water partition coefficient (Wildman–Crippen LogP) is 3.17. The molecule has 0 saturated carbocycles. The second kappa shape index (κ2) is 4.59. The molecule has 18 heavy (non-hydrogen) atoms. The standard InChI is InChI=1S/C12H9ClN4S/c1-18-11-4-5-14-12(16-11)9-6-15-10-3-2-8(13)7-17(9)10/h2-7H,1H3. The van der Waals surface area contributed by atoms with Crippen molar-refractivity contribution in [2.45, 2.75) is 5.03 Å². The molecule has 0 aromatic carbocycles. The fourth-order valence-corrected chi connectivity index (χ4v) is 2.23. The number of pyridine rings is 1. The van der Waals surface area contributed by atoms with Crippen LogP contribution >= 0.6 is 23.4 Å². The van der Waals surface area contributed by atoms with Gasteiger partial charge in [-0.25, -0.2) is 15.0 Å². The number of thioether (sulfide) groups is 1. The van der Waals surface area contributed by atoms with Gasteiger partial charge >= 0.3 is 0 Å². The maximum Gasteiger partial charge on any atom is 0.179 e. The van der Waals surface area contributed by atoms with Crippen LogP contribution in [-0.2, 0) is 0 Å². The minimum Gasteiger partial charge on any atom is -0.295 e. The van der Waals surface area contributed by atoms with Crippen molar-refractivity contribution in [3.05, 3.63) is 41.8 Å². The van der Waals surface area contributed by atoms with Crippen molar-refractivity contribution in [1.29, 1.82) is 0 Å². The smallest absolute Gasteiger partial charge is 0.179 e. The zero-order valence-electron chi connectivity index (χ0n) is 9.54. The van der Waals surface area contributed by atoms with E-state index in [-0.39, 0.29) is 0 Å². The second-order valence-corrected chi connectivity index (χ2v) is 4.90. The van der Waals surface area contributed by atoms with Gasteiger partial charge in [0.05, 0.1) is 16.2 Å². The molecule has 6 heteroatoms. The van der Waals surface area contributed by atoms with E-state index in [9.17, 15) is 0 Å². The van der Waals surface area contributed by atoms with Crippen molar-refractivity contribution in [2.75, 3.05) is 6.26 Å². The van der Waals surface area contributed by atoms with E-state index in [1.54, 1.807) is 24.2 Å². The van der Waals surface area contributed by atoms with Gasteiger partial charge in [0, 0.05) is 12.4 Å². The molecule has 0 unspecified atom stereocenters. The van der Waals surface area contributed by atoms with E-state index in [1.807, 2.05) is 35.1 Å². The molecule has 0 N–H and O–H groups in total. The van der Waals surface area contributed by atoms with Crippen molar-refractivity contribution >= 4 is 29.0 Å². The van der Waals surface area contributed by atoms with E-state index >= 15 is 0 Å². The maximum atomic E-state index is 6.00. The minimum atomic E-state index is 0.650. The Morgan fingerprint density at radius 2 is 2.11 bits per heavy atom. The highest BCUT2D eigenvalue weighted by molar-refractivity contribution is 7.98. The molecule has 3 rings (SSSR count). The lowest BCUT2D eigenvalue weighted by Crippen LogP contribution is -1.94. The molecule has 4 nitrogen and oxygen atoms in total. The zero-order chi connectivity index (χ0) is 12.5. The molecule has 0 amide bonds. The number of aromatic nitrogens is 4. The van der Waals surface area contributed by atoms with Gasteiger partial charge in [0.15, 0.2) is 5.82 Å². The van der Waals surface area contributed by atoms with Crippen LogP contribution in [0.3, 0.4) is 0 Å². The summed E-state index contributed by atoms with van der Waals surface area (Å²) in [5.74, 6) is 0.650. The van der Waals surface area contributed by atoms with Gasteiger partial charge in [-0.15, -0.1) is 11.8 Å². The van der Waals surface area contributed by atoms with Crippen LogP contribution in [0.2, 0.25) is 5.02 Å². The number of halogens is 1. The van der Waals surface area contributed by atoms with Crippen molar-refractivity contribution < 1.29 is 0 Å². The Kier molecular flexibility index (Phi) is 2.93. The molecule has 90 valence electrons. The van der Waals surface area contributed by atoms with Crippen LogP contribution < -0.4 is 0 Å². The summed E-state index contributed by atoms with van der Waals surface area (Å²) in [6.07, 6.45) is 7.30. The van der Waals surface area contributed by atoms with Gasteiger partial charge in [-0.05, 0) is 24.5 Å². The Balaban J connectivity index is 2.21. The SMILES string of the molecule is CSc1ccnc(-c2cnc3ccc(Cl)cn23)n1. The van der Waals surface area contributed by atoms with Gasteiger partial charge in [0.25, 0.3) is 0 Å². The molecule has 3 aromatic heterocycles. The summed E-state index contributed by atoms with van der Waals surface area (Å²) in [4.78, 5) is 13.1. The highest BCUT2D eigenvalue weighted by Crippen LogP contribution is 2.21. The first-order valence-corrected chi connectivity index (χ1v) is 6.88. The summed E-state index contributed by atoms with van der Waals surface area (Å²) in [5, 5.41) is 1.58. The molecular formula is C12H9ClN4S. The first-order chi connectivity index (χ1) is 8.78.